The second-order valence-corrected chi connectivity index (χ2v) is 6.86. The van der Waals surface area contributed by atoms with Gasteiger partial charge in [0.25, 0.3) is 0 Å². The summed E-state index contributed by atoms with van der Waals surface area (Å²) in [7, 11) is 1.55. The Morgan fingerprint density at radius 3 is 2.78 bits per heavy atom. The monoisotopic (exact) mass is 481 g/mol. The number of cyclic esters (lactones) is 1. The molecule has 140 valence electrons. The van der Waals surface area contributed by atoms with Crippen molar-refractivity contribution in [1.82, 2.24) is 0 Å². The Bertz CT molecular complexity index is 940. The Hall–Kier alpha value is -2.42. The molecule has 0 saturated heterocycles. The van der Waals surface area contributed by atoms with Crippen LogP contribution in [0.25, 0.3) is 6.08 Å². The topological polar surface area (TPSA) is 57.1 Å². The summed E-state index contributed by atoms with van der Waals surface area (Å²) in [5.41, 5.74) is 0.934. The highest BCUT2D eigenvalue weighted by molar-refractivity contribution is 14.1. The highest BCUT2D eigenvalue weighted by Gasteiger charge is 2.26. The molecule has 0 aromatic heterocycles. The smallest absolute Gasteiger partial charge is 0.363 e. The van der Waals surface area contributed by atoms with E-state index in [4.69, 9.17) is 14.2 Å². The van der Waals surface area contributed by atoms with Crippen LogP contribution in [0.2, 0.25) is 0 Å². The van der Waals surface area contributed by atoms with Crippen molar-refractivity contribution in [3.8, 4) is 11.5 Å². The maximum Gasteiger partial charge on any atom is 0.363 e. The van der Waals surface area contributed by atoms with Gasteiger partial charge in [-0.15, -0.1) is 0 Å². The van der Waals surface area contributed by atoms with Gasteiger partial charge in [-0.05, 0) is 64.9 Å². The van der Waals surface area contributed by atoms with E-state index in [1.807, 2.05) is 13.0 Å². The van der Waals surface area contributed by atoms with Crippen molar-refractivity contribution in [2.75, 3.05) is 13.7 Å². The molecule has 0 bridgehead atoms. The number of esters is 1. The van der Waals surface area contributed by atoms with Crippen molar-refractivity contribution in [2.45, 2.75) is 13.3 Å². The lowest BCUT2D eigenvalue weighted by molar-refractivity contribution is -0.129. The first-order valence-corrected chi connectivity index (χ1v) is 9.39. The number of carbonyl (C=O) groups excluding carboxylic acids is 1. The number of aliphatic imine (C=N–C) groups is 1. The fourth-order valence-electron chi connectivity index (χ4n) is 2.48. The molecule has 0 N–H and O–H groups in total. The molecule has 0 amide bonds. The number of hydrogen-bond acceptors (Lipinski definition) is 5. The van der Waals surface area contributed by atoms with E-state index in [-0.39, 0.29) is 17.2 Å². The van der Waals surface area contributed by atoms with Crippen LogP contribution < -0.4 is 9.47 Å². The van der Waals surface area contributed by atoms with E-state index < -0.39 is 11.8 Å². The maximum atomic E-state index is 13.9. The molecule has 5 nitrogen and oxygen atoms in total. The van der Waals surface area contributed by atoms with E-state index in [0.29, 0.717) is 23.7 Å². The Morgan fingerprint density at radius 2 is 2.07 bits per heavy atom. The van der Waals surface area contributed by atoms with Crippen LogP contribution in [0.1, 0.15) is 24.5 Å². The van der Waals surface area contributed by atoms with Gasteiger partial charge in [-0.25, -0.2) is 14.2 Å². The molecule has 7 heteroatoms. The Kier molecular flexibility index (Phi) is 6.10. The minimum absolute atomic E-state index is 0.0473. The normalized spacial score (nSPS) is 14.9. The minimum Gasteiger partial charge on any atom is -0.493 e. The van der Waals surface area contributed by atoms with Crippen molar-refractivity contribution in [3.05, 3.63) is 62.6 Å². The van der Waals surface area contributed by atoms with Crippen LogP contribution >= 0.6 is 22.6 Å². The zero-order valence-electron chi connectivity index (χ0n) is 14.8. The Labute approximate surface area is 170 Å². The zero-order chi connectivity index (χ0) is 19.4. The molecule has 0 aliphatic carbocycles. The van der Waals surface area contributed by atoms with Crippen LogP contribution in [0.5, 0.6) is 11.5 Å². The van der Waals surface area contributed by atoms with E-state index in [1.165, 1.54) is 12.1 Å². The van der Waals surface area contributed by atoms with Crippen molar-refractivity contribution >= 4 is 40.5 Å². The van der Waals surface area contributed by atoms with E-state index in [2.05, 4.69) is 27.6 Å². The molecule has 1 aliphatic heterocycles. The van der Waals surface area contributed by atoms with Gasteiger partial charge in [0.2, 0.25) is 5.90 Å². The molecule has 0 radical (unpaired) electrons. The predicted molar refractivity (Wildman–Crippen MR) is 109 cm³/mol. The Balaban J connectivity index is 1.95. The van der Waals surface area contributed by atoms with Gasteiger partial charge in [0.15, 0.2) is 17.2 Å². The van der Waals surface area contributed by atoms with Crippen LogP contribution in [0.4, 0.5) is 4.39 Å². The lowest BCUT2D eigenvalue weighted by Crippen LogP contribution is -2.07. The highest BCUT2D eigenvalue weighted by Crippen LogP contribution is 2.35. The third kappa shape index (κ3) is 4.29. The lowest BCUT2D eigenvalue weighted by Gasteiger charge is -2.13. The summed E-state index contributed by atoms with van der Waals surface area (Å²) in [6.07, 6.45) is 2.45. The molecule has 0 atom stereocenters. The van der Waals surface area contributed by atoms with Gasteiger partial charge >= 0.3 is 5.97 Å². The molecule has 0 spiro atoms. The van der Waals surface area contributed by atoms with Crippen LogP contribution in [-0.2, 0) is 9.53 Å². The summed E-state index contributed by atoms with van der Waals surface area (Å²) in [4.78, 5) is 16.3. The van der Waals surface area contributed by atoms with Crippen molar-refractivity contribution in [2.24, 2.45) is 4.99 Å². The average molecular weight is 481 g/mol. The van der Waals surface area contributed by atoms with Gasteiger partial charge in [-0.3, -0.25) is 0 Å². The first-order valence-electron chi connectivity index (χ1n) is 8.31. The van der Waals surface area contributed by atoms with Crippen molar-refractivity contribution in [1.29, 1.82) is 0 Å². The van der Waals surface area contributed by atoms with E-state index >= 15 is 0 Å². The standard InChI is InChI=1S/C20H17FINO4/c1-3-8-26-18-15(22)9-12(11-17(18)25-2)10-16-20(24)27-19(23-16)13-6-4-5-7-14(13)21/h4-7,9-11H,3,8H2,1-2H3/b16-10-. The van der Waals surface area contributed by atoms with Gasteiger partial charge in [-0.1, -0.05) is 19.1 Å². The number of halogens is 2. The third-order valence-corrected chi connectivity index (χ3v) is 4.53. The molecule has 0 saturated carbocycles. The van der Waals surface area contributed by atoms with E-state index in [0.717, 1.165) is 9.99 Å². The first-order chi connectivity index (χ1) is 13.0. The second kappa shape index (κ2) is 8.51. The first kappa shape index (κ1) is 19.3. The SMILES string of the molecule is CCCOc1c(I)cc(/C=C2\N=C(c3ccccc3F)OC2=O)cc1OC. The van der Waals surface area contributed by atoms with Gasteiger partial charge < -0.3 is 14.2 Å². The molecule has 0 fully saturated rings. The number of carbonyl (C=O) groups is 1. The molecule has 1 heterocycles. The fourth-order valence-corrected chi connectivity index (χ4v) is 3.27. The highest BCUT2D eigenvalue weighted by atomic mass is 127. The number of rotatable bonds is 6. The van der Waals surface area contributed by atoms with Gasteiger partial charge in [0.05, 0.1) is 22.9 Å². The van der Waals surface area contributed by atoms with Crippen LogP contribution in [0.15, 0.2) is 47.1 Å². The zero-order valence-corrected chi connectivity index (χ0v) is 16.9. The van der Waals surface area contributed by atoms with Crippen molar-refractivity contribution < 1.29 is 23.4 Å². The number of nitrogens with zero attached hydrogens (tertiary/aromatic N) is 1. The molecule has 2 aromatic carbocycles. The van der Waals surface area contributed by atoms with Crippen LogP contribution in [0, 0.1) is 9.39 Å². The summed E-state index contributed by atoms with van der Waals surface area (Å²) >= 11 is 2.15. The number of ether oxygens (including phenoxy) is 3. The number of benzene rings is 2. The third-order valence-electron chi connectivity index (χ3n) is 3.73. The minimum atomic E-state index is -0.631. The largest absolute Gasteiger partial charge is 0.493 e. The summed E-state index contributed by atoms with van der Waals surface area (Å²) in [6.45, 7) is 2.60. The summed E-state index contributed by atoms with van der Waals surface area (Å²) in [5.74, 6) is 0.0416. The van der Waals surface area contributed by atoms with Gasteiger partial charge in [0, 0.05) is 0 Å². The Morgan fingerprint density at radius 1 is 1.30 bits per heavy atom. The summed E-state index contributed by atoms with van der Waals surface area (Å²) in [6, 6.07) is 9.61. The lowest BCUT2D eigenvalue weighted by atomic mass is 10.1. The molecular weight excluding hydrogens is 464 g/mol. The van der Waals surface area contributed by atoms with E-state index in [9.17, 15) is 9.18 Å². The van der Waals surface area contributed by atoms with Crippen molar-refractivity contribution in [3.63, 3.8) is 0 Å². The molecular formula is C20H17FINO4. The van der Waals surface area contributed by atoms with Gasteiger partial charge in [-0.2, -0.15) is 0 Å². The number of methoxy groups -OCH3 is 1. The quantitative estimate of drug-likeness (QED) is 0.345. The summed E-state index contributed by atoms with van der Waals surface area (Å²) in [5, 5.41) is 0. The number of hydrogen-bond donors (Lipinski definition) is 0. The molecule has 3 rings (SSSR count). The van der Waals surface area contributed by atoms with Gasteiger partial charge in [0.1, 0.15) is 5.82 Å². The average Bonchev–Trinajstić information content (AvgIpc) is 3.01. The van der Waals surface area contributed by atoms with E-state index in [1.54, 1.807) is 31.4 Å². The maximum absolute atomic E-state index is 13.9. The van der Waals surface area contributed by atoms with Crippen LogP contribution in [0.3, 0.4) is 0 Å². The fraction of sp³-hybridized carbons (Fsp3) is 0.200. The molecule has 1 aliphatic rings. The van der Waals surface area contributed by atoms with Crippen LogP contribution in [-0.4, -0.2) is 25.6 Å². The second-order valence-electron chi connectivity index (χ2n) is 5.70. The molecule has 0 unspecified atom stereocenters. The molecule has 2 aromatic rings. The molecule has 27 heavy (non-hydrogen) atoms. The predicted octanol–water partition coefficient (Wildman–Crippen LogP) is 4.57. The summed E-state index contributed by atoms with van der Waals surface area (Å²) < 4.78 is 31.0.